The third-order valence-electron chi connectivity index (χ3n) is 1.79. The van der Waals surface area contributed by atoms with E-state index in [-0.39, 0.29) is 4.90 Å². The fraction of sp³-hybridized carbons (Fsp3) is 0.222. The molecule has 0 fully saturated rings. The summed E-state index contributed by atoms with van der Waals surface area (Å²) in [5, 5.41) is 8.62. The van der Waals surface area contributed by atoms with Crippen LogP contribution in [-0.4, -0.2) is 29.6 Å². The lowest BCUT2D eigenvalue weighted by atomic mass is 10.4. The predicted molar refractivity (Wildman–Crippen MR) is 60.6 cm³/mol. The Hall–Kier alpha value is -0.780. The molecular weight excluding hydrogens is 275 g/mol. The molecule has 0 radical (unpaired) electrons. The lowest BCUT2D eigenvalue weighted by molar-refractivity contribution is -0.137. The Bertz CT molecular complexity index is 481. The van der Waals surface area contributed by atoms with Crippen molar-refractivity contribution in [3.8, 4) is 0 Å². The maximum Gasteiger partial charge on any atom is 0.341 e. The molecule has 1 aromatic carbocycles. The van der Waals surface area contributed by atoms with Gasteiger partial charge in [-0.2, -0.15) is 0 Å². The summed E-state index contributed by atoms with van der Waals surface area (Å²) in [6.07, 6.45) is 0. The first-order valence-corrected chi connectivity index (χ1v) is 6.55. The van der Waals surface area contributed by atoms with Crippen molar-refractivity contribution in [1.29, 1.82) is 0 Å². The van der Waals surface area contributed by atoms with Crippen molar-refractivity contribution in [3.63, 3.8) is 0 Å². The molecule has 1 aromatic rings. The Labute approximate surface area is 103 Å². The second-order valence-electron chi connectivity index (χ2n) is 3.08. The molecule has 0 spiro atoms. The van der Waals surface area contributed by atoms with E-state index in [0.29, 0.717) is 0 Å². The van der Waals surface area contributed by atoms with E-state index in [1.165, 1.54) is 24.3 Å². The van der Waals surface area contributed by atoms with Gasteiger partial charge in [0.1, 0.15) is 0 Å². The topological polar surface area (TPSA) is 71.4 Å². The summed E-state index contributed by atoms with van der Waals surface area (Å²) in [5.74, 6) is -2.46. The minimum atomic E-state index is -3.81. The van der Waals surface area contributed by atoms with Gasteiger partial charge in [0.15, 0.2) is 9.84 Å². The van der Waals surface area contributed by atoms with Crippen molar-refractivity contribution in [3.05, 3.63) is 30.3 Å². The van der Waals surface area contributed by atoms with Crippen LogP contribution in [0.5, 0.6) is 0 Å². The third kappa shape index (κ3) is 3.10. The van der Waals surface area contributed by atoms with Gasteiger partial charge in [0, 0.05) is 0 Å². The van der Waals surface area contributed by atoms with Gasteiger partial charge < -0.3 is 5.11 Å². The normalized spacial score (nSPS) is 12.4. The fourth-order valence-corrected chi connectivity index (χ4v) is 3.21. The van der Waals surface area contributed by atoms with Crippen LogP contribution >= 0.6 is 23.2 Å². The molecule has 0 unspecified atom stereocenters. The molecule has 88 valence electrons. The molecule has 16 heavy (non-hydrogen) atoms. The second kappa shape index (κ2) is 4.61. The summed E-state index contributed by atoms with van der Waals surface area (Å²) < 4.78 is 21.1. The van der Waals surface area contributed by atoms with Gasteiger partial charge >= 0.3 is 5.97 Å². The molecule has 7 heteroatoms. The number of aliphatic carboxylic acids is 1. The number of rotatable bonds is 4. The Kier molecular flexibility index (Phi) is 3.83. The van der Waals surface area contributed by atoms with Crippen LogP contribution in [0.25, 0.3) is 0 Å². The lowest BCUT2D eigenvalue weighted by Gasteiger charge is -2.14. The first-order chi connectivity index (χ1) is 7.26. The monoisotopic (exact) mass is 282 g/mol. The third-order valence-corrected chi connectivity index (χ3v) is 4.50. The van der Waals surface area contributed by atoms with Gasteiger partial charge in [0.05, 0.1) is 10.6 Å². The molecule has 0 saturated carbocycles. The fourth-order valence-electron chi connectivity index (χ4n) is 1.01. The molecule has 0 saturated heterocycles. The molecule has 1 rings (SSSR count). The minimum absolute atomic E-state index is 0.0121. The molecule has 0 heterocycles. The molecule has 4 nitrogen and oxygen atoms in total. The Balaban J connectivity index is 3.03. The van der Waals surface area contributed by atoms with E-state index < -0.39 is 25.9 Å². The van der Waals surface area contributed by atoms with E-state index in [0.717, 1.165) is 0 Å². The molecule has 0 aliphatic carbocycles. The maximum absolute atomic E-state index is 11.7. The Morgan fingerprint density at radius 3 is 2.19 bits per heavy atom. The van der Waals surface area contributed by atoms with E-state index in [1.807, 2.05) is 0 Å². The number of alkyl halides is 2. The Morgan fingerprint density at radius 2 is 1.75 bits per heavy atom. The first-order valence-electron chi connectivity index (χ1n) is 4.15. The zero-order valence-corrected chi connectivity index (χ0v) is 10.3. The molecule has 0 aromatic heterocycles. The molecule has 0 amide bonds. The van der Waals surface area contributed by atoms with Gasteiger partial charge in [-0.05, 0) is 12.1 Å². The molecule has 0 atom stereocenters. The van der Waals surface area contributed by atoms with Crippen molar-refractivity contribution in [2.24, 2.45) is 0 Å². The van der Waals surface area contributed by atoms with E-state index in [1.54, 1.807) is 6.07 Å². The highest BCUT2D eigenvalue weighted by Crippen LogP contribution is 2.26. The summed E-state index contributed by atoms with van der Waals surface area (Å²) in [4.78, 5) is 10.6. The van der Waals surface area contributed by atoms with Gasteiger partial charge in [-0.25, -0.2) is 13.2 Å². The number of carboxylic acids is 1. The minimum Gasteiger partial charge on any atom is -0.479 e. The summed E-state index contributed by atoms with van der Waals surface area (Å²) in [5.41, 5.74) is 0. The number of halogens is 2. The smallest absolute Gasteiger partial charge is 0.341 e. The van der Waals surface area contributed by atoms with Crippen LogP contribution < -0.4 is 0 Å². The standard InChI is InChI=1S/C9H8Cl2O4S/c10-9(11,8(12)13)6-16(14,15)7-4-2-1-3-5-7/h1-5H,6H2,(H,12,13). The predicted octanol–water partition coefficient (Wildman–Crippen LogP) is 1.72. The number of benzene rings is 1. The SMILES string of the molecule is O=C(O)C(Cl)(Cl)CS(=O)(=O)c1ccccc1. The highest BCUT2D eigenvalue weighted by atomic mass is 35.5. The summed E-state index contributed by atoms with van der Waals surface area (Å²) in [7, 11) is -3.81. The lowest BCUT2D eigenvalue weighted by Crippen LogP contribution is -2.34. The van der Waals surface area contributed by atoms with Gasteiger partial charge in [0.25, 0.3) is 0 Å². The summed E-state index contributed by atoms with van der Waals surface area (Å²) in [6.45, 7) is 0. The molecular formula is C9H8Cl2O4S. The highest BCUT2D eigenvalue weighted by molar-refractivity contribution is 7.91. The zero-order valence-electron chi connectivity index (χ0n) is 7.93. The quantitative estimate of drug-likeness (QED) is 0.854. The number of carbonyl (C=O) groups is 1. The van der Waals surface area contributed by atoms with Crippen molar-refractivity contribution < 1.29 is 18.3 Å². The van der Waals surface area contributed by atoms with Gasteiger partial charge in [-0.15, -0.1) is 0 Å². The Morgan fingerprint density at radius 1 is 1.25 bits per heavy atom. The van der Waals surface area contributed by atoms with E-state index in [9.17, 15) is 13.2 Å². The maximum atomic E-state index is 11.7. The molecule has 1 N–H and O–H groups in total. The highest BCUT2D eigenvalue weighted by Gasteiger charge is 2.39. The molecule has 0 aliphatic rings. The number of hydrogen-bond donors (Lipinski definition) is 1. The van der Waals surface area contributed by atoms with Crippen LogP contribution in [0.1, 0.15) is 0 Å². The zero-order chi connectivity index (χ0) is 12.4. The number of hydrogen-bond acceptors (Lipinski definition) is 3. The van der Waals surface area contributed by atoms with Crippen molar-refractivity contribution in [2.45, 2.75) is 9.23 Å². The molecule has 0 bridgehead atoms. The number of carboxylic acid groups (broad SMARTS) is 1. The summed E-state index contributed by atoms with van der Waals surface area (Å²) in [6, 6.07) is 7.39. The van der Waals surface area contributed by atoms with E-state index >= 15 is 0 Å². The average molecular weight is 283 g/mol. The molecule has 0 aliphatic heterocycles. The number of sulfone groups is 1. The van der Waals surface area contributed by atoms with Crippen molar-refractivity contribution in [2.75, 3.05) is 5.75 Å². The van der Waals surface area contributed by atoms with Gasteiger partial charge in [-0.3, -0.25) is 0 Å². The van der Waals surface area contributed by atoms with Crippen LogP contribution in [0.2, 0.25) is 0 Å². The largest absolute Gasteiger partial charge is 0.479 e. The average Bonchev–Trinajstić information content (AvgIpc) is 2.17. The van der Waals surface area contributed by atoms with Crippen LogP contribution in [0, 0.1) is 0 Å². The van der Waals surface area contributed by atoms with Crippen LogP contribution in [0.4, 0.5) is 0 Å². The first kappa shape index (κ1) is 13.3. The van der Waals surface area contributed by atoms with Gasteiger partial charge in [0.2, 0.25) is 4.33 Å². The van der Waals surface area contributed by atoms with Crippen LogP contribution in [0.15, 0.2) is 35.2 Å². The van der Waals surface area contributed by atoms with Crippen LogP contribution in [-0.2, 0) is 14.6 Å². The van der Waals surface area contributed by atoms with Crippen LogP contribution in [0.3, 0.4) is 0 Å². The van der Waals surface area contributed by atoms with E-state index in [2.05, 4.69) is 0 Å². The van der Waals surface area contributed by atoms with Gasteiger partial charge in [-0.1, -0.05) is 41.4 Å². The van der Waals surface area contributed by atoms with E-state index in [4.69, 9.17) is 28.3 Å². The van der Waals surface area contributed by atoms with Crippen molar-refractivity contribution in [1.82, 2.24) is 0 Å². The van der Waals surface area contributed by atoms with Crippen molar-refractivity contribution >= 4 is 39.0 Å². The second-order valence-corrected chi connectivity index (χ2v) is 6.56. The summed E-state index contributed by atoms with van der Waals surface area (Å²) >= 11 is 10.8.